The average Bonchev–Trinajstić information content (AvgIpc) is 3.10. The molecule has 0 saturated carbocycles. The smallest absolute Gasteiger partial charge is 0.543 e. The van der Waals surface area contributed by atoms with Gasteiger partial charge < -0.3 is 9.90 Å². The van der Waals surface area contributed by atoms with E-state index in [0.29, 0.717) is 28.4 Å². The number of benzene rings is 1. The van der Waals surface area contributed by atoms with Crippen LogP contribution in [0, 0.1) is 5.92 Å². The Hall–Kier alpha value is -1.35. The quantitative estimate of drug-likeness (QED) is 0.616. The third kappa shape index (κ3) is 4.14. The molecule has 0 unspecified atom stereocenters. The number of halogens is 3. The van der Waals surface area contributed by atoms with Crippen molar-refractivity contribution in [3.05, 3.63) is 46.6 Å². The minimum Gasteiger partial charge on any atom is -0.543 e. The number of fused-ring (bicyclic) bond motifs is 1. The normalized spacial score (nSPS) is 11.8. The second kappa shape index (κ2) is 7.72. The van der Waals surface area contributed by atoms with Crippen molar-refractivity contribution in [2.24, 2.45) is 5.92 Å². The predicted octanol–water partition coefficient (Wildman–Crippen LogP) is 0.672. The SMILES string of the molecule is CC(C)Cc1cn(-c2nc(C(=O)[O-])cs2)c2cc(C(F)(F)F)ccc12.[Na+]. The molecule has 0 amide bonds. The molecule has 9 heteroatoms. The molecular formula is C17H14F3N2NaO2S. The number of carbonyl (C=O) groups is 1. The number of thiazole rings is 1. The zero-order valence-corrected chi connectivity index (χ0v) is 17.2. The van der Waals surface area contributed by atoms with Crippen LogP contribution in [0.4, 0.5) is 13.2 Å². The van der Waals surface area contributed by atoms with Crippen LogP contribution in [0.15, 0.2) is 29.8 Å². The molecule has 26 heavy (non-hydrogen) atoms. The summed E-state index contributed by atoms with van der Waals surface area (Å²) in [5, 5.41) is 13.2. The molecule has 0 fully saturated rings. The van der Waals surface area contributed by atoms with Gasteiger partial charge in [0.25, 0.3) is 0 Å². The molecule has 0 spiro atoms. The van der Waals surface area contributed by atoms with E-state index in [1.165, 1.54) is 16.0 Å². The fourth-order valence-electron chi connectivity index (χ4n) is 2.70. The first-order chi connectivity index (χ1) is 11.7. The van der Waals surface area contributed by atoms with Crippen LogP contribution >= 0.6 is 11.3 Å². The topological polar surface area (TPSA) is 58.0 Å². The van der Waals surface area contributed by atoms with Gasteiger partial charge >= 0.3 is 35.7 Å². The number of hydrogen-bond acceptors (Lipinski definition) is 4. The Labute approximate surface area is 174 Å². The number of alkyl halides is 3. The summed E-state index contributed by atoms with van der Waals surface area (Å²) in [5.41, 5.74) is 0.250. The van der Waals surface area contributed by atoms with E-state index < -0.39 is 17.7 Å². The molecule has 132 valence electrons. The number of carboxylic acid groups (broad SMARTS) is 1. The van der Waals surface area contributed by atoms with E-state index >= 15 is 0 Å². The van der Waals surface area contributed by atoms with Crippen molar-refractivity contribution in [1.82, 2.24) is 9.55 Å². The van der Waals surface area contributed by atoms with Crippen LogP contribution in [0.1, 0.15) is 35.5 Å². The van der Waals surface area contributed by atoms with Gasteiger partial charge in [0, 0.05) is 17.0 Å². The van der Waals surface area contributed by atoms with Gasteiger partial charge in [-0.1, -0.05) is 19.9 Å². The van der Waals surface area contributed by atoms with E-state index in [2.05, 4.69) is 4.98 Å². The fraction of sp³-hybridized carbons (Fsp3) is 0.294. The van der Waals surface area contributed by atoms with Gasteiger partial charge in [0.1, 0.15) is 0 Å². The van der Waals surface area contributed by atoms with Crippen LogP contribution in [-0.4, -0.2) is 15.5 Å². The van der Waals surface area contributed by atoms with Crippen molar-refractivity contribution in [3.63, 3.8) is 0 Å². The molecule has 1 aromatic carbocycles. The van der Waals surface area contributed by atoms with Gasteiger partial charge in [-0.3, -0.25) is 4.57 Å². The third-order valence-corrected chi connectivity index (χ3v) is 4.59. The number of rotatable bonds is 4. The molecule has 3 rings (SSSR count). The van der Waals surface area contributed by atoms with E-state index in [9.17, 15) is 23.1 Å². The molecule has 3 aromatic rings. The largest absolute Gasteiger partial charge is 1.00 e. The van der Waals surface area contributed by atoms with Crippen molar-refractivity contribution in [1.29, 1.82) is 0 Å². The van der Waals surface area contributed by atoms with Gasteiger partial charge in [0.2, 0.25) is 0 Å². The average molecular weight is 390 g/mol. The summed E-state index contributed by atoms with van der Waals surface area (Å²) in [6.45, 7) is 4.04. The first-order valence-corrected chi connectivity index (χ1v) is 8.43. The maximum absolute atomic E-state index is 13.1. The van der Waals surface area contributed by atoms with E-state index in [1.54, 1.807) is 6.20 Å². The molecule has 2 aromatic heterocycles. The van der Waals surface area contributed by atoms with Gasteiger partial charge in [-0.2, -0.15) is 13.2 Å². The summed E-state index contributed by atoms with van der Waals surface area (Å²) >= 11 is 1.04. The number of aromatic carboxylic acids is 1. The zero-order chi connectivity index (χ0) is 18.4. The van der Waals surface area contributed by atoms with Crippen molar-refractivity contribution < 1.29 is 52.6 Å². The summed E-state index contributed by atoms with van der Waals surface area (Å²) in [5.74, 6) is -1.10. The number of aromatic nitrogens is 2. The summed E-state index contributed by atoms with van der Waals surface area (Å²) in [6.07, 6.45) is -2.04. The molecule has 0 aliphatic carbocycles. The monoisotopic (exact) mass is 390 g/mol. The molecule has 0 aliphatic rings. The molecule has 0 N–H and O–H groups in total. The predicted molar refractivity (Wildman–Crippen MR) is 86.8 cm³/mol. The van der Waals surface area contributed by atoms with Crippen LogP contribution in [0.2, 0.25) is 0 Å². The molecule has 0 bridgehead atoms. The molecule has 0 saturated heterocycles. The Morgan fingerprint density at radius 3 is 2.58 bits per heavy atom. The number of carbonyl (C=O) groups excluding carboxylic acids is 1. The fourth-order valence-corrected chi connectivity index (χ4v) is 3.48. The summed E-state index contributed by atoms with van der Waals surface area (Å²) in [6, 6.07) is 3.59. The van der Waals surface area contributed by atoms with Crippen molar-refractivity contribution in [2.75, 3.05) is 0 Å². The molecule has 0 radical (unpaired) electrons. The zero-order valence-electron chi connectivity index (χ0n) is 14.4. The second-order valence-electron chi connectivity index (χ2n) is 6.15. The standard InChI is InChI=1S/C17H15F3N2O2S.Na/c1-9(2)5-10-7-22(16-21-13(8-25-16)15(23)24)14-6-11(17(18,19)20)3-4-12(10)14;/h3-4,6-9H,5H2,1-2H3,(H,23,24);/q;+1/p-1. The van der Waals surface area contributed by atoms with Crippen LogP contribution < -0.4 is 34.7 Å². The van der Waals surface area contributed by atoms with Crippen molar-refractivity contribution >= 4 is 28.2 Å². The Balaban J connectivity index is 0.00000243. The summed E-state index contributed by atoms with van der Waals surface area (Å²) in [4.78, 5) is 14.9. The maximum Gasteiger partial charge on any atom is 1.00 e. The van der Waals surface area contributed by atoms with Crippen LogP contribution in [0.3, 0.4) is 0 Å². The van der Waals surface area contributed by atoms with Gasteiger partial charge in [-0.05, 0) is 30.0 Å². The van der Waals surface area contributed by atoms with Gasteiger partial charge in [-0.15, -0.1) is 11.3 Å². The molecule has 0 aliphatic heterocycles. The van der Waals surface area contributed by atoms with Gasteiger partial charge in [0.05, 0.1) is 22.7 Å². The Morgan fingerprint density at radius 2 is 2.04 bits per heavy atom. The maximum atomic E-state index is 13.1. The molecule has 2 heterocycles. The number of hydrogen-bond donors (Lipinski definition) is 0. The molecular weight excluding hydrogens is 376 g/mol. The van der Waals surface area contributed by atoms with Crippen molar-refractivity contribution in [3.8, 4) is 5.13 Å². The number of carboxylic acids is 1. The summed E-state index contributed by atoms with van der Waals surface area (Å²) < 4.78 is 40.7. The van der Waals surface area contributed by atoms with E-state index in [0.717, 1.165) is 29.0 Å². The van der Waals surface area contributed by atoms with Gasteiger partial charge in [-0.25, -0.2) is 4.98 Å². The van der Waals surface area contributed by atoms with Crippen LogP contribution in [0.5, 0.6) is 0 Å². The van der Waals surface area contributed by atoms with E-state index in [1.807, 2.05) is 13.8 Å². The second-order valence-corrected chi connectivity index (χ2v) is 6.99. The first-order valence-electron chi connectivity index (χ1n) is 7.55. The van der Waals surface area contributed by atoms with E-state index in [4.69, 9.17) is 0 Å². The first kappa shape index (κ1) is 21.0. The summed E-state index contributed by atoms with van der Waals surface area (Å²) in [7, 11) is 0. The molecule has 0 atom stereocenters. The van der Waals surface area contributed by atoms with E-state index in [-0.39, 0.29) is 35.3 Å². The number of nitrogens with zero attached hydrogens (tertiary/aromatic N) is 2. The Morgan fingerprint density at radius 1 is 1.35 bits per heavy atom. The Kier molecular flexibility index (Phi) is 6.22. The third-order valence-electron chi connectivity index (χ3n) is 3.75. The molecule has 4 nitrogen and oxygen atoms in total. The van der Waals surface area contributed by atoms with Gasteiger partial charge in [0.15, 0.2) is 5.13 Å². The minimum absolute atomic E-state index is 0. The minimum atomic E-state index is -4.46. The van der Waals surface area contributed by atoms with Crippen LogP contribution in [0.25, 0.3) is 16.0 Å². The van der Waals surface area contributed by atoms with Crippen molar-refractivity contribution in [2.45, 2.75) is 26.4 Å². The van der Waals surface area contributed by atoms with Crippen LogP contribution in [-0.2, 0) is 12.6 Å². The Bertz CT molecular complexity index is 947.